The van der Waals surface area contributed by atoms with Gasteiger partial charge in [-0.3, -0.25) is 4.79 Å². The Balaban J connectivity index is 1.60. The highest BCUT2D eigenvalue weighted by Crippen LogP contribution is 2.29. The molecule has 0 aliphatic heterocycles. The average Bonchev–Trinajstić information content (AvgIpc) is 3.22. The van der Waals surface area contributed by atoms with Gasteiger partial charge in [-0.05, 0) is 65.9 Å². The zero-order valence-electron chi connectivity index (χ0n) is 20.9. The van der Waals surface area contributed by atoms with E-state index in [0.717, 1.165) is 67.9 Å². The second-order valence-electron chi connectivity index (χ2n) is 8.71. The van der Waals surface area contributed by atoms with Crippen molar-refractivity contribution in [2.45, 2.75) is 52.7 Å². The number of aromatic nitrogens is 2. The molecule has 0 unspecified atom stereocenters. The van der Waals surface area contributed by atoms with Crippen LogP contribution >= 0.6 is 15.9 Å². The van der Waals surface area contributed by atoms with Crippen LogP contribution < -0.4 is 9.47 Å². The summed E-state index contributed by atoms with van der Waals surface area (Å²) >= 11 is 3.55. The van der Waals surface area contributed by atoms with Gasteiger partial charge in [-0.25, -0.2) is 4.98 Å². The Kier molecular flexibility index (Phi) is 8.31. The maximum atomic E-state index is 11.0. The van der Waals surface area contributed by atoms with Crippen LogP contribution in [-0.4, -0.2) is 27.7 Å². The van der Waals surface area contributed by atoms with E-state index in [4.69, 9.17) is 19.6 Å². The van der Waals surface area contributed by atoms with Crippen molar-refractivity contribution in [2.24, 2.45) is 0 Å². The van der Waals surface area contributed by atoms with E-state index in [9.17, 15) is 4.79 Å². The Hall–Kier alpha value is -3.32. The molecule has 0 saturated carbocycles. The van der Waals surface area contributed by atoms with Crippen molar-refractivity contribution in [3.05, 3.63) is 87.1 Å². The predicted octanol–water partition coefficient (Wildman–Crippen LogP) is 6.58. The Morgan fingerprint density at radius 2 is 1.83 bits per heavy atom. The average molecular weight is 551 g/mol. The van der Waals surface area contributed by atoms with Gasteiger partial charge in [-0.1, -0.05) is 48.0 Å². The van der Waals surface area contributed by atoms with E-state index in [1.165, 1.54) is 0 Å². The van der Waals surface area contributed by atoms with Crippen LogP contribution in [-0.2, 0) is 37.2 Å². The highest BCUT2D eigenvalue weighted by Gasteiger charge is 2.14. The first kappa shape index (κ1) is 25.8. The van der Waals surface area contributed by atoms with Gasteiger partial charge in [0.25, 0.3) is 0 Å². The summed E-state index contributed by atoms with van der Waals surface area (Å²) in [5.74, 6) is 1.81. The van der Waals surface area contributed by atoms with Crippen LogP contribution in [0.4, 0.5) is 0 Å². The SMILES string of the molecule is CCc1cc(COc2ccc(OC)cc2Cn2c(CC)nc3cc(Br)ccc32)ccc1CCC(=O)O. The van der Waals surface area contributed by atoms with Crippen molar-refractivity contribution in [1.82, 2.24) is 9.55 Å². The summed E-state index contributed by atoms with van der Waals surface area (Å²) in [6, 6.07) is 18.2. The fourth-order valence-electron chi connectivity index (χ4n) is 4.46. The molecule has 0 saturated heterocycles. The molecular weight excluding hydrogens is 520 g/mol. The van der Waals surface area contributed by atoms with E-state index in [1.807, 2.05) is 42.5 Å². The molecule has 6 nitrogen and oxygen atoms in total. The lowest BCUT2D eigenvalue weighted by Crippen LogP contribution is -2.07. The summed E-state index contributed by atoms with van der Waals surface area (Å²) in [4.78, 5) is 15.8. The second-order valence-corrected chi connectivity index (χ2v) is 9.63. The second kappa shape index (κ2) is 11.6. The number of carboxylic acids is 1. The molecule has 1 aromatic heterocycles. The van der Waals surface area contributed by atoms with Gasteiger partial charge in [0.15, 0.2) is 0 Å². The van der Waals surface area contributed by atoms with Crippen molar-refractivity contribution in [3.8, 4) is 11.5 Å². The zero-order chi connectivity index (χ0) is 25.7. The van der Waals surface area contributed by atoms with Crippen LogP contribution in [0.1, 0.15) is 48.3 Å². The van der Waals surface area contributed by atoms with Crippen molar-refractivity contribution >= 4 is 32.9 Å². The van der Waals surface area contributed by atoms with Crippen molar-refractivity contribution in [3.63, 3.8) is 0 Å². The molecule has 1 heterocycles. The van der Waals surface area contributed by atoms with Crippen LogP contribution in [0.2, 0.25) is 0 Å². The Bertz CT molecular complexity index is 1380. The predicted molar refractivity (Wildman–Crippen MR) is 145 cm³/mol. The number of ether oxygens (including phenoxy) is 2. The zero-order valence-corrected chi connectivity index (χ0v) is 22.5. The first-order chi connectivity index (χ1) is 17.4. The molecule has 0 radical (unpaired) electrons. The molecule has 188 valence electrons. The molecule has 4 rings (SSSR count). The standard InChI is InChI=1S/C29H31BrN2O4/c1-4-20-14-19(6-7-21(20)8-13-29(33)34)18-36-27-12-10-24(35-3)15-22(27)17-32-26-11-9-23(30)16-25(26)31-28(32)5-2/h6-7,9-12,14-16H,4-5,8,13,17-18H2,1-3H3,(H,33,34). The molecule has 0 amide bonds. The Labute approximate surface area is 220 Å². The lowest BCUT2D eigenvalue weighted by molar-refractivity contribution is -0.136. The molecule has 0 atom stereocenters. The minimum Gasteiger partial charge on any atom is -0.497 e. The van der Waals surface area contributed by atoms with Crippen LogP contribution in [0, 0.1) is 0 Å². The number of rotatable bonds is 11. The number of nitrogens with zero attached hydrogens (tertiary/aromatic N) is 2. The molecule has 4 aromatic rings. The number of imidazole rings is 1. The summed E-state index contributed by atoms with van der Waals surface area (Å²) < 4.78 is 15.1. The summed E-state index contributed by atoms with van der Waals surface area (Å²) in [5.41, 5.74) is 6.35. The van der Waals surface area contributed by atoms with Gasteiger partial charge in [0.2, 0.25) is 0 Å². The van der Waals surface area contributed by atoms with E-state index in [-0.39, 0.29) is 6.42 Å². The van der Waals surface area contributed by atoms with Gasteiger partial charge in [0.1, 0.15) is 23.9 Å². The van der Waals surface area contributed by atoms with E-state index in [1.54, 1.807) is 7.11 Å². The van der Waals surface area contributed by atoms with Crippen molar-refractivity contribution < 1.29 is 19.4 Å². The third-order valence-electron chi connectivity index (χ3n) is 6.36. The maximum absolute atomic E-state index is 11.0. The fourth-order valence-corrected chi connectivity index (χ4v) is 4.81. The quantitative estimate of drug-likeness (QED) is 0.228. The third kappa shape index (κ3) is 5.90. The number of fused-ring (bicyclic) bond motifs is 1. The summed E-state index contributed by atoms with van der Waals surface area (Å²) in [5, 5.41) is 9.03. The van der Waals surface area contributed by atoms with E-state index < -0.39 is 5.97 Å². The highest BCUT2D eigenvalue weighted by atomic mass is 79.9. The molecule has 0 aliphatic rings. The molecule has 3 aromatic carbocycles. The Morgan fingerprint density at radius 1 is 1.00 bits per heavy atom. The van der Waals surface area contributed by atoms with Gasteiger partial charge >= 0.3 is 5.97 Å². The smallest absolute Gasteiger partial charge is 0.303 e. The highest BCUT2D eigenvalue weighted by molar-refractivity contribution is 9.10. The first-order valence-corrected chi connectivity index (χ1v) is 13.0. The molecule has 0 fully saturated rings. The third-order valence-corrected chi connectivity index (χ3v) is 6.85. The number of carbonyl (C=O) groups is 1. The summed E-state index contributed by atoms with van der Waals surface area (Å²) in [7, 11) is 1.67. The monoisotopic (exact) mass is 550 g/mol. The van der Waals surface area contributed by atoms with Crippen molar-refractivity contribution in [2.75, 3.05) is 7.11 Å². The molecule has 36 heavy (non-hydrogen) atoms. The number of methoxy groups -OCH3 is 1. The molecule has 0 aliphatic carbocycles. The van der Waals surface area contributed by atoms with Gasteiger partial charge in [0.05, 0.1) is 24.7 Å². The number of aryl methyl sites for hydroxylation is 3. The fraction of sp³-hybridized carbons (Fsp3) is 0.310. The maximum Gasteiger partial charge on any atom is 0.303 e. The van der Waals surface area contributed by atoms with Gasteiger partial charge < -0.3 is 19.1 Å². The van der Waals surface area contributed by atoms with Crippen LogP contribution in [0.15, 0.2) is 59.1 Å². The van der Waals surface area contributed by atoms with E-state index >= 15 is 0 Å². The normalized spacial score (nSPS) is 11.1. The number of carboxylic acid groups (broad SMARTS) is 1. The number of aliphatic carboxylic acids is 1. The summed E-state index contributed by atoms with van der Waals surface area (Å²) in [6.45, 7) is 5.23. The Morgan fingerprint density at radius 3 is 2.56 bits per heavy atom. The van der Waals surface area contributed by atoms with Gasteiger partial charge in [-0.2, -0.15) is 0 Å². The molecule has 0 bridgehead atoms. The summed E-state index contributed by atoms with van der Waals surface area (Å²) in [6.07, 6.45) is 2.34. The lowest BCUT2D eigenvalue weighted by atomic mass is 9.98. The van der Waals surface area contributed by atoms with Crippen molar-refractivity contribution in [1.29, 1.82) is 0 Å². The van der Waals surface area contributed by atoms with E-state index in [0.29, 0.717) is 19.6 Å². The molecule has 0 spiro atoms. The van der Waals surface area contributed by atoms with Crippen LogP contribution in [0.25, 0.3) is 11.0 Å². The lowest BCUT2D eigenvalue weighted by Gasteiger charge is -2.16. The van der Waals surface area contributed by atoms with Crippen LogP contribution in [0.3, 0.4) is 0 Å². The largest absolute Gasteiger partial charge is 0.497 e. The number of hydrogen-bond acceptors (Lipinski definition) is 4. The first-order valence-electron chi connectivity index (χ1n) is 12.2. The minimum absolute atomic E-state index is 0.137. The number of benzene rings is 3. The topological polar surface area (TPSA) is 73.6 Å². The molecule has 1 N–H and O–H groups in total. The van der Waals surface area contributed by atoms with Crippen LogP contribution in [0.5, 0.6) is 11.5 Å². The van der Waals surface area contributed by atoms with E-state index in [2.05, 4.69) is 46.5 Å². The molecule has 7 heteroatoms. The number of halogens is 1. The number of hydrogen-bond donors (Lipinski definition) is 1. The minimum atomic E-state index is -0.777. The van der Waals surface area contributed by atoms with Gasteiger partial charge in [-0.15, -0.1) is 0 Å². The molecular formula is C29H31BrN2O4. The van der Waals surface area contributed by atoms with Gasteiger partial charge in [0, 0.05) is 22.9 Å².